The van der Waals surface area contributed by atoms with E-state index in [9.17, 15) is 9.90 Å². The van der Waals surface area contributed by atoms with Crippen LogP contribution in [-0.4, -0.2) is 48.8 Å². The number of carbonyl (C=O) groups excluding carboxylic acids is 1. The Bertz CT molecular complexity index is 504. The van der Waals surface area contributed by atoms with Crippen molar-refractivity contribution in [1.82, 2.24) is 4.90 Å². The van der Waals surface area contributed by atoms with Crippen LogP contribution in [0.1, 0.15) is 18.9 Å². The number of nitrogens with one attached hydrogen (secondary N) is 1. The Kier molecular flexibility index (Phi) is 5.20. The predicted molar refractivity (Wildman–Crippen MR) is 82.6 cm³/mol. The van der Waals surface area contributed by atoms with Gasteiger partial charge in [0.2, 0.25) is 5.91 Å². The van der Waals surface area contributed by atoms with Crippen molar-refractivity contribution in [3.05, 3.63) is 23.8 Å². The molecule has 2 atom stereocenters. The van der Waals surface area contributed by atoms with Crippen molar-refractivity contribution in [2.45, 2.75) is 26.3 Å². The molecule has 0 radical (unpaired) electrons. The first-order valence-corrected chi connectivity index (χ1v) is 7.34. The van der Waals surface area contributed by atoms with Crippen LogP contribution in [0, 0.1) is 12.8 Å². The minimum atomic E-state index is -0.0774. The highest BCUT2D eigenvalue weighted by molar-refractivity contribution is 5.93. The Morgan fingerprint density at radius 1 is 1.52 bits per heavy atom. The van der Waals surface area contributed by atoms with E-state index in [0.717, 1.165) is 18.5 Å². The van der Waals surface area contributed by atoms with Gasteiger partial charge in [-0.05, 0) is 43.5 Å². The minimum Gasteiger partial charge on any atom is -0.495 e. The highest BCUT2D eigenvalue weighted by Crippen LogP contribution is 2.26. The zero-order chi connectivity index (χ0) is 15.4. The van der Waals surface area contributed by atoms with Gasteiger partial charge in [0, 0.05) is 6.04 Å². The van der Waals surface area contributed by atoms with Gasteiger partial charge in [-0.3, -0.25) is 9.69 Å². The number of nitrogens with zero attached hydrogens (tertiary/aromatic N) is 1. The van der Waals surface area contributed by atoms with Crippen LogP contribution in [0.25, 0.3) is 0 Å². The van der Waals surface area contributed by atoms with Crippen molar-refractivity contribution in [2.75, 3.05) is 32.1 Å². The van der Waals surface area contributed by atoms with Gasteiger partial charge in [0.25, 0.3) is 0 Å². The second-order valence-corrected chi connectivity index (χ2v) is 5.74. The lowest BCUT2D eigenvalue weighted by molar-refractivity contribution is -0.117. The fraction of sp³-hybridized carbons (Fsp3) is 0.562. The summed E-state index contributed by atoms with van der Waals surface area (Å²) in [5, 5.41) is 12.3. The lowest BCUT2D eigenvalue weighted by Crippen LogP contribution is -2.40. The number of aliphatic hydroxyl groups is 1. The van der Waals surface area contributed by atoms with Crippen molar-refractivity contribution in [3.8, 4) is 5.75 Å². The summed E-state index contributed by atoms with van der Waals surface area (Å²) in [4.78, 5) is 14.3. The van der Waals surface area contributed by atoms with Crippen molar-refractivity contribution in [1.29, 1.82) is 0 Å². The molecular formula is C16H24N2O3. The van der Waals surface area contributed by atoms with Gasteiger partial charge >= 0.3 is 0 Å². The smallest absolute Gasteiger partial charge is 0.238 e. The maximum atomic E-state index is 12.2. The standard InChI is InChI=1S/C16H24N2O3/c1-11-4-5-15(21-3)13(8-11)17-16(20)9-18-7-6-12(2)14(18)10-19/h4-5,8,12,14,19H,6-7,9-10H2,1-3H3,(H,17,20). The Hall–Kier alpha value is -1.59. The highest BCUT2D eigenvalue weighted by atomic mass is 16.5. The van der Waals surface area contributed by atoms with E-state index < -0.39 is 0 Å². The Morgan fingerprint density at radius 3 is 2.95 bits per heavy atom. The van der Waals surface area contributed by atoms with Crippen LogP contribution in [0.3, 0.4) is 0 Å². The normalized spacial score (nSPS) is 22.3. The predicted octanol–water partition coefficient (Wildman–Crippen LogP) is 1.64. The molecule has 1 aromatic rings. The second-order valence-electron chi connectivity index (χ2n) is 5.74. The number of amides is 1. The number of benzene rings is 1. The molecule has 2 rings (SSSR count). The van der Waals surface area contributed by atoms with Crippen molar-refractivity contribution in [3.63, 3.8) is 0 Å². The largest absolute Gasteiger partial charge is 0.495 e. The first kappa shape index (κ1) is 15.8. The third-order valence-electron chi connectivity index (χ3n) is 4.16. The Morgan fingerprint density at radius 2 is 2.29 bits per heavy atom. The number of ether oxygens (including phenoxy) is 1. The average molecular weight is 292 g/mol. The van der Waals surface area contributed by atoms with Gasteiger partial charge in [-0.1, -0.05) is 13.0 Å². The van der Waals surface area contributed by atoms with Crippen LogP contribution < -0.4 is 10.1 Å². The fourth-order valence-electron chi connectivity index (χ4n) is 2.87. The number of aryl methyl sites for hydroxylation is 1. The van der Waals surface area contributed by atoms with E-state index in [1.807, 2.05) is 30.0 Å². The zero-order valence-corrected chi connectivity index (χ0v) is 12.9. The van der Waals surface area contributed by atoms with E-state index in [1.54, 1.807) is 7.11 Å². The number of methoxy groups -OCH3 is 1. The van der Waals surface area contributed by atoms with Crippen LogP contribution in [0.15, 0.2) is 18.2 Å². The molecule has 116 valence electrons. The highest BCUT2D eigenvalue weighted by Gasteiger charge is 2.31. The number of rotatable bonds is 5. The van der Waals surface area contributed by atoms with Gasteiger partial charge in [0.1, 0.15) is 5.75 Å². The van der Waals surface area contributed by atoms with Gasteiger partial charge in [-0.15, -0.1) is 0 Å². The first-order valence-electron chi connectivity index (χ1n) is 7.34. The summed E-state index contributed by atoms with van der Waals surface area (Å²) in [6, 6.07) is 5.76. The Labute approximate surface area is 125 Å². The Balaban J connectivity index is 2.00. The second kappa shape index (κ2) is 6.91. The number of anilines is 1. The van der Waals surface area contributed by atoms with Gasteiger partial charge in [-0.2, -0.15) is 0 Å². The molecule has 1 heterocycles. The summed E-state index contributed by atoms with van der Waals surface area (Å²) in [5.41, 5.74) is 1.75. The molecule has 0 spiro atoms. The average Bonchev–Trinajstić information content (AvgIpc) is 2.79. The molecule has 1 fully saturated rings. The molecule has 0 aliphatic carbocycles. The quantitative estimate of drug-likeness (QED) is 0.866. The molecule has 1 saturated heterocycles. The third-order valence-corrected chi connectivity index (χ3v) is 4.16. The fourth-order valence-corrected chi connectivity index (χ4v) is 2.87. The number of aliphatic hydroxyl groups excluding tert-OH is 1. The van der Waals surface area contributed by atoms with Crippen LogP contribution in [0.4, 0.5) is 5.69 Å². The number of carbonyl (C=O) groups is 1. The number of hydrogen-bond donors (Lipinski definition) is 2. The molecule has 21 heavy (non-hydrogen) atoms. The molecule has 1 aliphatic rings. The van der Waals surface area contributed by atoms with Gasteiger partial charge in [-0.25, -0.2) is 0 Å². The van der Waals surface area contributed by atoms with Crippen molar-refractivity contribution >= 4 is 11.6 Å². The lowest BCUT2D eigenvalue weighted by atomic mass is 10.0. The molecule has 0 aromatic heterocycles. The molecule has 2 unspecified atom stereocenters. The van der Waals surface area contributed by atoms with Gasteiger partial charge < -0.3 is 15.2 Å². The summed E-state index contributed by atoms with van der Waals surface area (Å²) in [6.45, 7) is 5.33. The van der Waals surface area contributed by atoms with E-state index >= 15 is 0 Å². The minimum absolute atomic E-state index is 0.0774. The summed E-state index contributed by atoms with van der Waals surface area (Å²) in [5.74, 6) is 1.00. The van der Waals surface area contributed by atoms with Gasteiger partial charge in [0.05, 0.1) is 25.9 Å². The van der Waals surface area contributed by atoms with E-state index in [1.165, 1.54) is 0 Å². The molecule has 1 aliphatic heterocycles. The summed E-state index contributed by atoms with van der Waals surface area (Å²) in [6.07, 6.45) is 1.02. The monoisotopic (exact) mass is 292 g/mol. The first-order chi connectivity index (χ1) is 10.0. The molecule has 0 saturated carbocycles. The topological polar surface area (TPSA) is 61.8 Å². The molecule has 5 nitrogen and oxygen atoms in total. The molecule has 1 aromatic carbocycles. The van der Waals surface area contributed by atoms with Crippen molar-refractivity contribution < 1.29 is 14.6 Å². The molecule has 2 N–H and O–H groups in total. The van der Waals surface area contributed by atoms with E-state index in [0.29, 0.717) is 23.9 Å². The molecule has 1 amide bonds. The van der Waals surface area contributed by atoms with Crippen molar-refractivity contribution in [2.24, 2.45) is 5.92 Å². The third kappa shape index (κ3) is 3.74. The van der Waals surface area contributed by atoms with Crippen LogP contribution in [0.2, 0.25) is 0 Å². The van der Waals surface area contributed by atoms with Gasteiger partial charge in [0.15, 0.2) is 0 Å². The number of hydrogen-bond acceptors (Lipinski definition) is 4. The maximum Gasteiger partial charge on any atom is 0.238 e. The van der Waals surface area contributed by atoms with E-state index in [-0.39, 0.29) is 18.6 Å². The SMILES string of the molecule is COc1ccc(C)cc1NC(=O)CN1CCC(C)C1CO. The zero-order valence-electron chi connectivity index (χ0n) is 12.9. The maximum absolute atomic E-state index is 12.2. The molecular weight excluding hydrogens is 268 g/mol. The summed E-state index contributed by atoms with van der Waals surface area (Å²) < 4.78 is 5.26. The van der Waals surface area contributed by atoms with Crippen LogP contribution in [0.5, 0.6) is 5.75 Å². The summed E-state index contributed by atoms with van der Waals surface area (Å²) >= 11 is 0. The van der Waals surface area contributed by atoms with E-state index in [2.05, 4.69) is 12.2 Å². The summed E-state index contributed by atoms with van der Waals surface area (Å²) in [7, 11) is 1.59. The molecule has 0 bridgehead atoms. The van der Waals surface area contributed by atoms with E-state index in [4.69, 9.17) is 4.74 Å². The van der Waals surface area contributed by atoms with Crippen LogP contribution in [-0.2, 0) is 4.79 Å². The van der Waals surface area contributed by atoms with Crippen LogP contribution >= 0.6 is 0 Å². The number of likely N-dealkylation sites (tertiary alicyclic amines) is 1. The lowest BCUT2D eigenvalue weighted by Gasteiger charge is -2.24. The molecule has 5 heteroatoms.